The van der Waals surface area contributed by atoms with Crippen molar-refractivity contribution in [2.75, 3.05) is 39.3 Å². The van der Waals surface area contributed by atoms with Gasteiger partial charge >= 0.3 is 6.18 Å². The van der Waals surface area contributed by atoms with Crippen molar-refractivity contribution in [3.05, 3.63) is 29.3 Å². The molecule has 1 spiro atoms. The molecule has 1 unspecified atom stereocenters. The lowest BCUT2D eigenvalue weighted by atomic mass is 9.88. The van der Waals surface area contributed by atoms with E-state index < -0.39 is 24.4 Å². The molecule has 0 radical (unpaired) electrons. The Hall–Kier alpha value is -1.84. The normalized spacial score (nSPS) is 21.9. The van der Waals surface area contributed by atoms with Crippen LogP contribution in [0.5, 0.6) is 5.75 Å². The Balaban J connectivity index is 1.66. The van der Waals surface area contributed by atoms with Gasteiger partial charge in [0.1, 0.15) is 5.75 Å². The van der Waals surface area contributed by atoms with Crippen LogP contribution in [-0.2, 0) is 4.74 Å². The molecule has 1 atom stereocenters. The number of amides is 1. The van der Waals surface area contributed by atoms with Crippen LogP contribution >= 0.6 is 0 Å². The van der Waals surface area contributed by atoms with Crippen molar-refractivity contribution in [1.82, 2.24) is 9.80 Å². The molecule has 32 heavy (non-hydrogen) atoms. The summed E-state index contributed by atoms with van der Waals surface area (Å²) in [5.74, 6) is 0.637. The van der Waals surface area contributed by atoms with Crippen molar-refractivity contribution in [3.63, 3.8) is 0 Å². The van der Waals surface area contributed by atoms with E-state index in [9.17, 15) is 23.1 Å². The molecule has 2 aliphatic rings. The SMILES string of the molecule is Cc1cc(C(=O)N2CCC3(CC2)CN(CC(F)(F)F)CC(CCO)O3)ccc1OC(C)C. The molecule has 6 nitrogen and oxygen atoms in total. The number of ether oxygens (including phenoxy) is 2. The summed E-state index contributed by atoms with van der Waals surface area (Å²) in [5.41, 5.74) is 0.713. The summed E-state index contributed by atoms with van der Waals surface area (Å²) in [7, 11) is 0. The lowest BCUT2D eigenvalue weighted by Gasteiger charge is -2.50. The Bertz CT molecular complexity index is 792. The molecule has 0 aliphatic carbocycles. The maximum Gasteiger partial charge on any atom is 0.401 e. The summed E-state index contributed by atoms with van der Waals surface area (Å²) < 4.78 is 50.9. The lowest BCUT2D eigenvalue weighted by Crippen LogP contribution is -2.61. The Labute approximate surface area is 187 Å². The molecule has 0 aromatic heterocycles. The van der Waals surface area contributed by atoms with Crippen LogP contribution in [0.4, 0.5) is 13.2 Å². The number of hydrogen-bond donors (Lipinski definition) is 1. The molecule has 180 valence electrons. The number of morpholine rings is 1. The maximum absolute atomic E-state index is 13.0. The predicted molar refractivity (Wildman–Crippen MR) is 114 cm³/mol. The lowest BCUT2D eigenvalue weighted by molar-refractivity contribution is -0.206. The highest BCUT2D eigenvalue weighted by atomic mass is 19.4. The maximum atomic E-state index is 13.0. The van der Waals surface area contributed by atoms with Crippen LogP contribution in [0.3, 0.4) is 0 Å². The smallest absolute Gasteiger partial charge is 0.401 e. The van der Waals surface area contributed by atoms with Gasteiger partial charge in [-0.1, -0.05) is 0 Å². The third-order valence-electron chi connectivity index (χ3n) is 5.99. The number of benzene rings is 1. The molecule has 2 heterocycles. The highest BCUT2D eigenvalue weighted by Crippen LogP contribution is 2.35. The molecule has 1 N–H and O–H groups in total. The predicted octanol–water partition coefficient (Wildman–Crippen LogP) is 3.40. The van der Waals surface area contributed by atoms with E-state index in [1.807, 2.05) is 26.8 Å². The third kappa shape index (κ3) is 6.36. The zero-order valence-corrected chi connectivity index (χ0v) is 19.0. The second kappa shape index (κ2) is 9.97. The molecule has 0 saturated carbocycles. The van der Waals surface area contributed by atoms with Crippen LogP contribution < -0.4 is 4.74 Å². The fraction of sp³-hybridized carbons (Fsp3) is 0.696. The fourth-order valence-electron chi connectivity index (χ4n) is 4.60. The standard InChI is InChI=1S/C23H33F3N2O4/c1-16(2)31-20-5-4-18(12-17(20)3)21(30)28-9-7-22(8-10-28)14-27(15-23(24,25)26)13-19(32-22)6-11-29/h4-5,12,16,19,29H,6-11,13-15H2,1-3H3. The van der Waals surface area contributed by atoms with Gasteiger partial charge in [0, 0.05) is 38.3 Å². The summed E-state index contributed by atoms with van der Waals surface area (Å²) in [6, 6.07) is 5.35. The first kappa shape index (κ1) is 24.8. The molecule has 9 heteroatoms. The monoisotopic (exact) mass is 458 g/mol. The topological polar surface area (TPSA) is 62.2 Å². The van der Waals surface area contributed by atoms with Gasteiger partial charge in [0.25, 0.3) is 5.91 Å². The first-order valence-corrected chi connectivity index (χ1v) is 11.1. The number of carbonyl (C=O) groups is 1. The number of carbonyl (C=O) groups excluding carboxylic acids is 1. The summed E-state index contributed by atoms with van der Waals surface area (Å²) in [4.78, 5) is 16.1. The molecule has 1 aromatic carbocycles. The van der Waals surface area contributed by atoms with Gasteiger partial charge < -0.3 is 19.5 Å². The van der Waals surface area contributed by atoms with Crippen molar-refractivity contribution < 1.29 is 32.5 Å². The van der Waals surface area contributed by atoms with Gasteiger partial charge in [-0.3, -0.25) is 9.69 Å². The molecule has 0 bridgehead atoms. The number of hydrogen-bond acceptors (Lipinski definition) is 5. The molecule has 2 fully saturated rings. The van der Waals surface area contributed by atoms with Crippen molar-refractivity contribution in [2.45, 2.75) is 64.0 Å². The van der Waals surface area contributed by atoms with E-state index in [0.717, 1.165) is 11.3 Å². The van der Waals surface area contributed by atoms with E-state index in [-0.39, 0.29) is 31.7 Å². The van der Waals surface area contributed by atoms with Gasteiger partial charge in [-0.2, -0.15) is 13.2 Å². The Morgan fingerprint density at radius 2 is 2.00 bits per heavy atom. The van der Waals surface area contributed by atoms with Gasteiger partial charge in [0.05, 0.1) is 24.4 Å². The van der Waals surface area contributed by atoms with E-state index >= 15 is 0 Å². The van der Waals surface area contributed by atoms with Crippen LogP contribution in [0.2, 0.25) is 0 Å². The number of alkyl halides is 3. The second-order valence-corrected chi connectivity index (χ2v) is 9.16. The number of aliphatic hydroxyl groups is 1. The minimum absolute atomic E-state index is 0.0376. The molecule has 2 aliphatic heterocycles. The highest BCUT2D eigenvalue weighted by Gasteiger charge is 2.45. The van der Waals surface area contributed by atoms with Crippen molar-refractivity contribution >= 4 is 5.91 Å². The Morgan fingerprint density at radius 3 is 2.56 bits per heavy atom. The van der Waals surface area contributed by atoms with Crippen molar-refractivity contribution in [3.8, 4) is 5.75 Å². The molecule has 1 amide bonds. The Kier molecular flexibility index (Phi) is 7.73. The zero-order chi connectivity index (χ0) is 23.5. The van der Waals surface area contributed by atoms with Crippen LogP contribution in [0.1, 0.15) is 49.0 Å². The average Bonchev–Trinajstić information content (AvgIpc) is 2.68. The minimum Gasteiger partial charge on any atom is -0.491 e. The summed E-state index contributed by atoms with van der Waals surface area (Å²) in [6.45, 7) is 5.79. The number of halogens is 3. The zero-order valence-electron chi connectivity index (χ0n) is 19.0. The first-order chi connectivity index (χ1) is 15.0. The van der Waals surface area contributed by atoms with Gasteiger partial charge in [-0.15, -0.1) is 0 Å². The largest absolute Gasteiger partial charge is 0.491 e. The number of rotatable bonds is 6. The minimum atomic E-state index is -4.29. The van der Waals surface area contributed by atoms with E-state index in [4.69, 9.17) is 9.47 Å². The summed E-state index contributed by atoms with van der Waals surface area (Å²) in [6.07, 6.45) is -3.49. The molecule has 3 rings (SSSR count). The van der Waals surface area contributed by atoms with Gasteiger partial charge in [-0.25, -0.2) is 0 Å². The quantitative estimate of drug-likeness (QED) is 0.708. The first-order valence-electron chi connectivity index (χ1n) is 11.1. The number of nitrogens with zero attached hydrogens (tertiary/aromatic N) is 2. The van der Waals surface area contributed by atoms with Crippen LogP contribution in [0, 0.1) is 6.92 Å². The highest BCUT2D eigenvalue weighted by molar-refractivity contribution is 5.94. The summed E-state index contributed by atoms with van der Waals surface area (Å²) in [5, 5.41) is 9.27. The second-order valence-electron chi connectivity index (χ2n) is 9.16. The fourth-order valence-corrected chi connectivity index (χ4v) is 4.60. The van der Waals surface area contributed by atoms with Crippen LogP contribution in [-0.4, -0.2) is 84.1 Å². The van der Waals surface area contributed by atoms with E-state index in [1.54, 1.807) is 17.0 Å². The average molecular weight is 459 g/mol. The number of likely N-dealkylation sites (tertiary alicyclic amines) is 1. The number of piperidine rings is 1. The van der Waals surface area contributed by atoms with E-state index in [2.05, 4.69) is 0 Å². The number of aryl methyl sites for hydroxylation is 1. The molecule has 2 saturated heterocycles. The van der Waals surface area contributed by atoms with E-state index in [0.29, 0.717) is 37.9 Å². The van der Waals surface area contributed by atoms with Gasteiger partial charge in [0.2, 0.25) is 0 Å². The van der Waals surface area contributed by atoms with Gasteiger partial charge in [0.15, 0.2) is 0 Å². The van der Waals surface area contributed by atoms with E-state index in [1.165, 1.54) is 4.90 Å². The van der Waals surface area contributed by atoms with Crippen LogP contribution in [0.15, 0.2) is 18.2 Å². The molecule has 1 aromatic rings. The van der Waals surface area contributed by atoms with Gasteiger partial charge in [-0.05, 0) is 63.8 Å². The third-order valence-corrected chi connectivity index (χ3v) is 5.99. The van der Waals surface area contributed by atoms with Crippen molar-refractivity contribution in [2.24, 2.45) is 0 Å². The number of aliphatic hydroxyl groups excluding tert-OH is 1. The molecular formula is C23H33F3N2O4. The van der Waals surface area contributed by atoms with Crippen LogP contribution in [0.25, 0.3) is 0 Å². The van der Waals surface area contributed by atoms with Crippen molar-refractivity contribution in [1.29, 1.82) is 0 Å². The Morgan fingerprint density at radius 1 is 1.31 bits per heavy atom. The summed E-state index contributed by atoms with van der Waals surface area (Å²) >= 11 is 0. The molecular weight excluding hydrogens is 425 g/mol.